The molecule has 3 aromatic rings. The first-order chi connectivity index (χ1) is 14.6. The Bertz CT molecular complexity index is 1060. The van der Waals surface area contributed by atoms with Gasteiger partial charge in [-0.3, -0.25) is 9.59 Å². The smallest absolute Gasteiger partial charge is 0.227 e. The van der Waals surface area contributed by atoms with E-state index in [0.29, 0.717) is 18.0 Å². The topological polar surface area (TPSA) is 84.4 Å². The van der Waals surface area contributed by atoms with E-state index in [4.69, 9.17) is 4.74 Å². The van der Waals surface area contributed by atoms with Crippen molar-refractivity contribution in [2.24, 2.45) is 5.92 Å². The average Bonchev–Trinajstić information content (AvgIpc) is 3.20. The lowest BCUT2D eigenvalue weighted by Crippen LogP contribution is -2.32. The van der Waals surface area contributed by atoms with Crippen molar-refractivity contribution in [1.29, 1.82) is 0 Å². The Labute approximate surface area is 174 Å². The van der Waals surface area contributed by atoms with Gasteiger partial charge in [-0.25, -0.2) is 9.97 Å². The maximum absolute atomic E-state index is 12.7. The van der Waals surface area contributed by atoms with Crippen molar-refractivity contribution < 1.29 is 14.3 Å². The quantitative estimate of drug-likeness (QED) is 0.685. The van der Waals surface area contributed by atoms with Gasteiger partial charge in [-0.2, -0.15) is 0 Å². The summed E-state index contributed by atoms with van der Waals surface area (Å²) in [5, 5.41) is 2.90. The van der Waals surface area contributed by atoms with Crippen molar-refractivity contribution in [3.05, 3.63) is 72.7 Å². The second kappa shape index (κ2) is 8.73. The van der Waals surface area contributed by atoms with Gasteiger partial charge in [0, 0.05) is 30.3 Å². The molecule has 1 N–H and O–H groups in total. The van der Waals surface area contributed by atoms with Crippen LogP contribution in [-0.2, 0) is 16.1 Å². The molecule has 2 amide bonds. The molecule has 0 radical (unpaired) electrons. The van der Waals surface area contributed by atoms with Crippen LogP contribution in [0, 0.1) is 5.92 Å². The van der Waals surface area contributed by atoms with Crippen LogP contribution in [0.2, 0.25) is 0 Å². The summed E-state index contributed by atoms with van der Waals surface area (Å²) in [6.45, 7) is 0.627. The van der Waals surface area contributed by atoms with E-state index in [0.717, 1.165) is 16.9 Å². The Kier molecular flexibility index (Phi) is 5.70. The fraction of sp³-hybridized carbons (Fsp3) is 0.217. The Hall–Kier alpha value is -3.74. The number of benzene rings is 2. The molecule has 0 saturated carbocycles. The fourth-order valence-corrected chi connectivity index (χ4v) is 3.49. The molecule has 7 nitrogen and oxygen atoms in total. The van der Waals surface area contributed by atoms with Crippen LogP contribution in [0.4, 0.5) is 5.69 Å². The molecular weight excluding hydrogens is 380 g/mol. The predicted octanol–water partition coefficient (Wildman–Crippen LogP) is 2.82. The van der Waals surface area contributed by atoms with Gasteiger partial charge in [-0.15, -0.1) is 0 Å². The Morgan fingerprint density at radius 1 is 1.13 bits per heavy atom. The summed E-state index contributed by atoms with van der Waals surface area (Å²) in [6, 6.07) is 18.9. The number of hydrogen-bond acceptors (Lipinski definition) is 5. The molecule has 4 rings (SSSR count). The molecule has 1 atom stereocenters. The molecule has 1 saturated heterocycles. The van der Waals surface area contributed by atoms with Crippen molar-refractivity contribution in [1.82, 2.24) is 15.3 Å². The zero-order chi connectivity index (χ0) is 20.9. The number of nitrogens with zero attached hydrogens (tertiary/aromatic N) is 3. The monoisotopic (exact) mass is 402 g/mol. The first-order valence-corrected chi connectivity index (χ1v) is 9.72. The summed E-state index contributed by atoms with van der Waals surface area (Å²) in [5.74, 6) is 0.0377. The van der Waals surface area contributed by atoms with Gasteiger partial charge in [0.05, 0.1) is 31.0 Å². The molecule has 0 spiro atoms. The number of anilines is 1. The van der Waals surface area contributed by atoms with E-state index in [2.05, 4.69) is 15.3 Å². The molecule has 30 heavy (non-hydrogen) atoms. The summed E-state index contributed by atoms with van der Waals surface area (Å²) in [4.78, 5) is 35.3. The predicted molar refractivity (Wildman–Crippen MR) is 113 cm³/mol. The standard InChI is InChI=1S/C23H22N4O3/c1-30-20-9-5-8-19(12-20)27-14-17(10-22(27)28)23(29)24-13-18-11-21(26-15-25-18)16-6-3-2-4-7-16/h2-9,11-12,15,17H,10,13-14H2,1H3,(H,24,29). The number of hydrogen-bond donors (Lipinski definition) is 1. The summed E-state index contributed by atoms with van der Waals surface area (Å²) in [7, 11) is 1.58. The summed E-state index contributed by atoms with van der Waals surface area (Å²) in [6.07, 6.45) is 1.68. The molecule has 7 heteroatoms. The van der Waals surface area contributed by atoms with Crippen LogP contribution in [0.1, 0.15) is 12.1 Å². The number of carbonyl (C=O) groups excluding carboxylic acids is 2. The minimum Gasteiger partial charge on any atom is -0.497 e. The second-order valence-corrected chi connectivity index (χ2v) is 7.09. The zero-order valence-electron chi connectivity index (χ0n) is 16.6. The Morgan fingerprint density at radius 3 is 2.77 bits per heavy atom. The van der Waals surface area contributed by atoms with Gasteiger partial charge < -0.3 is 15.0 Å². The lowest BCUT2D eigenvalue weighted by Gasteiger charge is -2.17. The van der Waals surface area contributed by atoms with E-state index in [1.165, 1.54) is 6.33 Å². The highest BCUT2D eigenvalue weighted by Gasteiger charge is 2.35. The molecule has 2 aromatic carbocycles. The van der Waals surface area contributed by atoms with Crippen molar-refractivity contribution in [3.63, 3.8) is 0 Å². The van der Waals surface area contributed by atoms with E-state index < -0.39 is 5.92 Å². The van der Waals surface area contributed by atoms with Crippen molar-refractivity contribution in [3.8, 4) is 17.0 Å². The lowest BCUT2D eigenvalue weighted by molar-refractivity contribution is -0.126. The zero-order valence-corrected chi connectivity index (χ0v) is 16.6. The van der Waals surface area contributed by atoms with E-state index in [1.807, 2.05) is 54.6 Å². The molecule has 0 aliphatic carbocycles. The Morgan fingerprint density at radius 2 is 1.97 bits per heavy atom. The second-order valence-electron chi connectivity index (χ2n) is 7.09. The largest absolute Gasteiger partial charge is 0.497 e. The highest BCUT2D eigenvalue weighted by Crippen LogP contribution is 2.28. The number of nitrogens with one attached hydrogen (secondary N) is 1. The van der Waals surface area contributed by atoms with Crippen molar-refractivity contribution in [2.75, 3.05) is 18.6 Å². The highest BCUT2D eigenvalue weighted by molar-refractivity contribution is 6.00. The number of rotatable bonds is 6. The number of amides is 2. The Balaban J connectivity index is 1.38. The normalized spacial score (nSPS) is 15.8. The summed E-state index contributed by atoms with van der Waals surface area (Å²) in [5.41, 5.74) is 3.24. The molecule has 1 aromatic heterocycles. The van der Waals surface area contributed by atoms with Crippen LogP contribution >= 0.6 is 0 Å². The number of ether oxygens (including phenoxy) is 1. The van der Waals surface area contributed by atoms with Gasteiger partial charge >= 0.3 is 0 Å². The summed E-state index contributed by atoms with van der Waals surface area (Å²) >= 11 is 0. The molecule has 2 heterocycles. The molecule has 1 aliphatic heterocycles. The molecule has 1 fully saturated rings. The van der Waals surface area contributed by atoms with Crippen molar-refractivity contribution in [2.45, 2.75) is 13.0 Å². The number of aromatic nitrogens is 2. The van der Waals surface area contributed by atoms with Crippen LogP contribution < -0.4 is 15.0 Å². The third-order valence-electron chi connectivity index (χ3n) is 5.10. The van der Waals surface area contributed by atoms with E-state index in [-0.39, 0.29) is 24.8 Å². The molecule has 0 bridgehead atoms. The molecule has 1 unspecified atom stereocenters. The van der Waals surface area contributed by atoms with E-state index >= 15 is 0 Å². The minimum absolute atomic E-state index is 0.0724. The van der Waals surface area contributed by atoms with Gasteiger partial charge in [-0.05, 0) is 18.2 Å². The highest BCUT2D eigenvalue weighted by atomic mass is 16.5. The van der Waals surface area contributed by atoms with Gasteiger partial charge in [0.15, 0.2) is 0 Å². The third-order valence-corrected chi connectivity index (χ3v) is 5.10. The lowest BCUT2D eigenvalue weighted by atomic mass is 10.1. The van der Waals surface area contributed by atoms with Crippen LogP contribution in [0.25, 0.3) is 11.3 Å². The van der Waals surface area contributed by atoms with Crippen molar-refractivity contribution >= 4 is 17.5 Å². The van der Waals surface area contributed by atoms with Crippen LogP contribution in [0.15, 0.2) is 67.0 Å². The maximum atomic E-state index is 12.7. The van der Waals surface area contributed by atoms with Crippen LogP contribution in [-0.4, -0.2) is 35.4 Å². The molecule has 1 aliphatic rings. The number of carbonyl (C=O) groups is 2. The molecular formula is C23H22N4O3. The van der Waals surface area contributed by atoms with Gasteiger partial charge in [0.25, 0.3) is 0 Å². The van der Waals surface area contributed by atoms with Gasteiger partial charge in [0.1, 0.15) is 12.1 Å². The van der Waals surface area contributed by atoms with E-state index in [9.17, 15) is 9.59 Å². The van der Waals surface area contributed by atoms with Crippen LogP contribution in [0.5, 0.6) is 5.75 Å². The van der Waals surface area contributed by atoms with Crippen LogP contribution in [0.3, 0.4) is 0 Å². The van der Waals surface area contributed by atoms with Gasteiger partial charge in [0.2, 0.25) is 11.8 Å². The first kappa shape index (κ1) is 19.6. The average molecular weight is 402 g/mol. The van der Waals surface area contributed by atoms with Gasteiger partial charge in [-0.1, -0.05) is 36.4 Å². The minimum atomic E-state index is -0.404. The first-order valence-electron chi connectivity index (χ1n) is 9.72. The SMILES string of the molecule is COc1cccc(N2CC(C(=O)NCc3cc(-c4ccccc4)ncn3)CC2=O)c1. The maximum Gasteiger partial charge on any atom is 0.227 e. The number of methoxy groups -OCH3 is 1. The molecule has 152 valence electrons. The third kappa shape index (κ3) is 4.30. The van der Waals surface area contributed by atoms with E-state index in [1.54, 1.807) is 18.1 Å². The summed E-state index contributed by atoms with van der Waals surface area (Å²) < 4.78 is 5.22. The fourth-order valence-electron chi connectivity index (χ4n) is 3.49.